The van der Waals surface area contributed by atoms with E-state index in [1.165, 1.54) is 30.6 Å². The van der Waals surface area contributed by atoms with E-state index in [1.807, 2.05) is 6.92 Å². The van der Waals surface area contributed by atoms with Gasteiger partial charge in [0.05, 0.1) is 16.4 Å². The summed E-state index contributed by atoms with van der Waals surface area (Å²) in [6, 6.07) is 9.10. The van der Waals surface area contributed by atoms with Gasteiger partial charge in [0.25, 0.3) is 0 Å². The van der Waals surface area contributed by atoms with Crippen molar-refractivity contribution in [3.63, 3.8) is 0 Å². The van der Waals surface area contributed by atoms with Gasteiger partial charge in [-0.05, 0) is 49.2 Å². The molecule has 1 heterocycles. The number of amides is 1. The van der Waals surface area contributed by atoms with E-state index in [1.54, 1.807) is 25.1 Å². The molecule has 0 atom stereocenters. The summed E-state index contributed by atoms with van der Waals surface area (Å²) in [5.41, 5.74) is 0.482. The molecule has 6 nitrogen and oxygen atoms in total. The fourth-order valence-electron chi connectivity index (χ4n) is 2.73. The molecule has 0 saturated heterocycles. The lowest BCUT2D eigenvalue weighted by atomic mass is 10.2. The molecule has 0 radical (unpaired) electrons. The summed E-state index contributed by atoms with van der Waals surface area (Å²) in [6.07, 6.45) is 2.64. The maximum Gasteiger partial charge on any atom is 0.320 e. The largest absolute Gasteiger partial charge is 0.323 e. The van der Waals surface area contributed by atoms with Crippen LogP contribution < -0.4 is 16.4 Å². The molecule has 3 aromatic rings. The lowest BCUT2D eigenvalue weighted by Gasteiger charge is -2.12. The van der Waals surface area contributed by atoms with Crippen LogP contribution in [0.2, 0.25) is 5.02 Å². The second kappa shape index (κ2) is 7.82. The molecule has 28 heavy (non-hydrogen) atoms. The fourth-order valence-corrected chi connectivity index (χ4v) is 3.01. The van der Waals surface area contributed by atoms with Gasteiger partial charge in [-0.3, -0.25) is 23.5 Å². The van der Waals surface area contributed by atoms with E-state index in [9.17, 15) is 18.8 Å². The molecule has 0 aliphatic carbocycles. The molecular weight excluding hydrogens is 385 g/mol. The molecule has 2 aromatic carbocycles. The highest BCUT2D eigenvalue weighted by atomic mass is 35.5. The number of nitrogens with one attached hydrogen (secondary N) is 1. The second-order valence-electron chi connectivity index (χ2n) is 6.37. The van der Waals surface area contributed by atoms with Crippen molar-refractivity contribution in [1.82, 2.24) is 9.13 Å². The summed E-state index contributed by atoms with van der Waals surface area (Å²) in [6.45, 7) is 3.21. The first-order chi connectivity index (χ1) is 13.3. The smallest absolute Gasteiger partial charge is 0.320 e. The Labute approximate surface area is 164 Å². The minimum absolute atomic E-state index is 0.269. The average Bonchev–Trinajstić information content (AvgIpc) is 2.64. The molecule has 0 unspecified atom stereocenters. The van der Waals surface area contributed by atoms with Crippen LogP contribution in [-0.4, -0.2) is 15.0 Å². The van der Waals surface area contributed by atoms with E-state index in [4.69, 9.17) is 11.6 Å². The number of carbonyl (C=O) groups excluding carboxylic acids is 1. The fraction of sp³-hybridized carbons (Fsp3) is 0.150. The quantitative estimate of drug-likeness (QED) is 0.683. The molecule has 1 aromatic heterocycles. The molecule has 0 aliphatic rings. The summed E-state index contributed by atoms with van der Waals surface area (Å²) in [7, 11) is 0. The summed E-state index contributed by atoms with van der Waals surface area (Å²) < 4.78 is 15.6. The van der Waals surface area contributed by atoms with Crippen LogP contribution in [0.25, 0.3) is 5.69 Å². The van der Waals surface area contributed by atoms with Gasteiger partial charge >= 0.3 is 11.1 Å². The number of halogens is 2. The standard InChI is InChI=1S/C20H17ClFN3O3/c1-12-3-6-16(15(21)9-12)23-18(26)11-24-7-8-25(20(28)19(24)27)17-10-14(22)5-4-13(17)2/h3-10H,11H2,1-2H3,(H,23,26). The highest BCUT2D eigenvalue weighted by Crippen LogP contribution is 2.22. The topological polar surface area (TPSA) is 73.1 Å². The van der Waals surface area contributed by atoms with E-state index in [-0.39, 0.29) is 12.2 Å². The van der Waals surface area contributed by atoms with E-state index in [0.29, 0.717) is 16.3 Å². The number of hydrogen-bond donors (Lipinski definition) is 1. The highest BCUT2D eigenvalue weighted by Gasteiger charge is 2.13. The van der Waals surface area contributed by atoms with Gasteiger partial charge < -0.3 is 5.32 Å². The maximum atomic E-state index is 13.5. The Bertz CT molecular complexity index is 1180. The van der Waals surface area contributed by atoms with Gasteiger partial charge in [0, 0.05) is 12.4 Å². The molecule has 0 fully saturated rings. The van der Waals surface area contributed by atoms with Crippen molar-refractivity contribution >= 4 is 23.2 Å². The third-order valence-electron chi connectivity index (χ3n) is 4.20. The number of benzene rings is 2. The zero-order valence-electron chi connectivity index (χ0n) is 15.2. The molecule has 1 N–H and O–H groups in total. The average molecular weight is 402 g/mol. The first-order valence-electron chi connectivity index (χ1n) is 8.41. The zero-order valence-corrected chi connectivity index (χ0v) is 16.0. The van der Waals surface area contributed by atoms with Crippen molar-refractivity contribution in [2.24, 2.45) is 0 Å². The minimum atomic E-state index is -0.892. The Kier molecular flexibility index (Phi) is 5.46. The van der Waals surface area contributed by atoms with Crippen LogP contribution in [0, 0.1) is 19.7 Å². The maximum absolute atomic E-state index is 13.5. The van der Waals surface area contributed by atoms with Crippen LogP contribution in [0.5, 0.6) is 0 Å². The Morgan fingerprint density at radius 1 is 1.07 bits per heavy atom. The molecule has 1 amide bonds. The van der Waals surface area contributed by atoms with Crippen LogP contribution in [0.15, 0.2) is 58.4 Å². The van der Waals surface area contributed by atoms with Gasteiger partial charge in [0.15, 0.2) is 0 Å². The van der Waals surface area contributed by atoms with Gasteiger partial charge in [0.1, 0.15) is 12.4 Å². The number of nitrogens with zero attached hydrogens (tertiary/aromatic N) is 2. The third kappa shape index (κ3) is 4.04. The van der Waals surface area contributed by atoms with Gasteiger partial charge in [-0.1, -0.05) is 23.7 Å². The predicted octanol–water partition coefficient (Wildman–Crippen LogP) is 3.05. The molecule has 3 rings (SSSR count). The minimum Gasteiger partial charge on any atom is -0.323 e. The molecule has 144 valence electrons. The third-order valence-corrected chi connectivity index (χ3v) is 4.51. The first kappa shape index (κ1) is 19.6. The summed E-state index contributed by atoms with van der Waals surface area (Å²) in [5.74, 6) is -1.03. The summed E-state index contributed by atoms with van der Waals surface area (Å²) in [5, 5.41) is 2.98. The molecule has 0 spiro atoms. The van der Waals surface area contributed by atoms with E-state index < -0.39 is 22.8 Å². The number of hydrogen-bond acceptors (Lipinski definition) is 3. The zero-order chi connectivity index (χ0) is 20.4. The molecular formula is C20H17ClFN3O3. The van der Waals surface area contributed by atoms with Gasteiger partial charge in [0.2, 0.25) is 5.91 Å². The van der Waals surface area contributed by atoms with Crippen LogP contribution in [-0.2, 0) is 11.3 Å². The van der Waals surface area contributed by atoms with Crippen LogP contribution >= 0.6 is 11.6 Å². The lowest BCUT2D eigenvalue weighted by molar-refractivity contribution is -0.116. The van der Waals surface area contributed by atoms with Crippen molar-refractivity contribution in [3.8, 4) is 5.69 Å². The second-order valence-corrected chi connectivity index (χ2v) is 6.78. The number of aryl methyl sites for hydroxylation is 2. The van der Waals surface area contributed by atoms with Crippen LogP contribution in [0.3, 0.4) is 0 Å². The number of carbonyl (C=O) groups is 1. The van der Waals surface area contributed by atoms with Gasteiger partial charge in [-0.15, -0.1) is 0 Å². The monoisotopic (exact) mass is 401 g/mol. The first-order valence-corrected chi connectivity index (χ1v) is 8.78. The van der Waals surface area contributed by atoms with E-state index in [2.05, 4.69) is 5.32 Å². The van der Waals surface area contributed by atoms with Crippen molar-refractivity contribution in [2.75, 3.05) is 5.32 Å². The normalized spacial score (nSPS) is 10.7. The Morgan fingerprint density at radius 3 is 2.54 bits per heavy atom. The van der Waals surface area contributed by atoms with Crippen molar-refractivity contribution in [3.05, 3.63) is 91.5 Å². The van der Waals surface area contributed by atoms with Gasteiger partial charge in [-0.2, -0.15) is 0 Å². The van der Waals surface area contributed by atoms with Crippen molar-refractivity contribution in [2.45, 2.75) is 20.4 Å². The Hall–Kier alpha value is -3.19. The lowest BCUT2D eigenvalue weighted by Crippen LogP contribution is -2.41. The Morgan fingerprint density at radius 2 is 1.82 bits per heavy atom. The number of anilines is 1. The Balaban J connectivity index is 1.87. The van der Waals surface area contributed by atoms with Gasteiger partial charge in [-0.25, -0.2) is 4.39 Å². The molecule has 8 heteroatoms. The van der Waals surface area contributed by atoms with Crippen LogP contribution in [0.4, 0.5) is 10.1 Å². The molecule has 0 saturated carbocycles. The molecule has 0 aliphatic heterocycles. The number of rotatable bonds is 4. The summed E-state index contributed by atoms with van der Waals surface area (Å²) >= 11 is 6.08. The van der Waals surface area contributed by atoms with Crippen molar-refractivity contribution in [1.29, 1.82) is 0 Å². The summed E-state index contributed by atoms with van der Waals surface area (Å²) in [4.78, 5) is 37.1. The van der Waals surface area contributed by atoms with Crippen molar-refractivity contribution < 1.29 is 9.18 Å². The molecule has 0 bridgehead atoms. The van der Waals surface area contributed by atoms with E-state index in [0.717, 1.165) is 14.7 Å². The van der Waals surface area contributed by atoms with Crippen LogP contribution in [0.1, 0.15) is 11.1 Å². The highest BCUT2D eigenvalue weighted by molar-refractivity contribution is 6.33. The predicted molar refractivity (Wildman–Crippen MR) is 106 cm³/mol. The van der Waals surface area contributed by atoms with E-state index >= 15 is 0 Å². The number of aromatic nitrogens is 2. The SMILES string of the molecule is Cc1ccc(NC(=O)Cn2ccn(-c3cc(F)ccc3C)c(=O)c2=O)c(Cl)c1.